The van der Waals surface area contributed by atoms with Gasteiger partial charge in [-0.25, -0.2) is 18.1 Å². The normalized spacial score (nSPS) is 14.6. The first-order valence-corrected chi connectivity index (χ1v) is 11.4. The monoisotopic (exact) mass is 416 g/mol. The van der Waals surface area contributed by atoms with E-state index < -0.39 is 10.0 Å². The van der Waals surface area contributed by atoms with Gasteiger partial charge in [-0.3, -0.25) is 4.79 Å². The summed E-state index contributed by atoms with van der Waals surface area (Å²) in [6.45, 7) is 5.69. The Labute approximate surface area is 172 Å². The highest BCUT2D eigenvalue weighted by molar-refractivity contribution is 7.89. The van der Waals surface area contributed by atoms with Gasteiger partial charge in [-0.2, -0.15) is 0 Å². The van der Waals surface area contributed by atoms with E-state index in [9.17, 15) is 13.2 Å². The number of aryl methyl sites for hydroxylation is 2. The summed E-state index contributed by atoms with van der Waals surface area (Å²) >= 11 is 0. The lowest BCUT2D eigenvalue weighted by Crippen LogP contribution is -2.29. The van der Waals surface area contributed by atoms with Gasteiger partial charge in [-0.05, 0) is 62.4 Å². The largest absolute Gasteiger partial charge is 0.370 e. The van der Waals surface area contributed by atoms with Crippen molar-refractivity contribution >= 4 is 27.4 Å². The highest BCUT2D eigenvalue weighted by atomic mass is 32.2. The lowest BCUT2D eigenvalue weighted by molar-refractivity contribution is -0.116. The number of anilines is 2. The maximum Gasteiger partial charge on any atom is 0.240 e. The van der Waals surface area contributed by atoms with Gasteiger partial charge in [0.2, 0.25) is 15.9 Å². The second-order valence-electron chi connectivity index (χ2n) is 7.41. The summed E-state index contributed by atoms with van der Waals surface area (Å²) in [5.41, 5.74) is 2.60. The van der Waals surface area contributed by atoms with Gasteiger partial charge in [-0.15, -0.1) is 0 Å². The minimum Gasteiger partial charge on any atom is -0.370 e. The van der Waals surface area contributed by atoms with E-state index in [1.165, 1.54) is 19.3 Å². The molecule has 0 unspecified atom stereocenters. The molecule has 1 aromatic heterocycles. The molecule has 1 aliphatic rings. The van der Waals surface area contributed by atoms with Crippen LogP contribution in [0.4, 0.5) is 11.5 Å². The molecule has 8 heteroatoms. The molecular formula is C21H28N4O3S. The summed E-state index contributed by atoms with van der Waals surface area (Å²) in [5.74, 6) is 0.181. The van der Waals surface area contributed by atoms with Crippen LogP contribution < -0.4 is 14.9 Å². The van der Waals surface area contributed by atoms with Crippen LogP contribution in [0.1, 0.15) is 36.8 Å². The number of rotatable bonds is 7. The predicted molar refractivity (Wildman–Crippen MR) is 115 cm³/mol. The fraction of sp³-hybridized carbons (Fsp3) is 0.429. The van der Waals surface area contributed by atoms with E-state index in [1.807, 2.05) is 19.1 Å². The summed E-state index contributed by atoms with van der Waals surface area (Å²) < 4.78 is 27.4. The number of sulfonamides is 1. The van der Waals surface area contributed by atoms with Crippen LogP contribution in [-0.2, 0) is 14.8 Å². The van der Waals surface area contributed by atoms with Crippen molar-refractivity contribution in [2.45, 2.75) is 44.4 Å². The zero-order valence-electron chi connectivity index (χ0n) is 16.9. The molecule has 29 heavy (non-hydrogen) atoms. The highest BCUT2D eigenvalue weighted by Gasteiger charge is 2.17. The van der Waals surface area contributed by atoms with Gasteiger partial charge in [0.25, 0.3) is 0 Å². The number of aromatic nitrogens is 1. The number of piperidine rings is 1. The first-order chi connectivity index (χ1) is 13.8. The summed E-state index contributed by atoms with van der Waals surface area (Å²) in [5, 5.41) is 2.72. The Morgan fingerprint density at radius 3 is 2.55 bits per heavy atom. The second-order valence-corrected chi connectivity index (χ2v) is 9.15. The molecule has 2 aromatic rings. The zero-order chi connectivity index (χ0) is 20.9. The SMILES string of the molecule is Cc1ccc(C)c(S(=O)(=O)NCCC(=O)Nc2ccc(N3CCCCC3)cn2)c1. The number of nitrogens with zero attached hydrogens (tertiary/aromatic N) is 2. The molecule has 3 rings (SSSR count). The molecule has 0 radical (unpaired) electrons. The van der Waals surface area contributed by atoms with Crippen molar-refractivity contribution in [3.05, 3.63) is 47.7 Å². The number of carbonyl (C=O) groups excluding carboxylic acids is 1. The molecule has 0 bridgehead atoms. The minimum atomic E-state index is -3.65. The van der Waals surface area contributed by atoms with E-state index in [4.69, 9.17) is 0 Å². The Morgan fingerprint density at radius 1 is 1.10 bits per heavy atom. The predicted octanol–water partition coefficient (Wildman–Crippen LogP) is 3.00. The fourth-order valence-corrected chi connectivity index (χ4v) is 4.74. The molecule has 0 saturated carbocycles. The van der Waals surface area contributed by atoms with E-state index in [0.29, 0.717) is 11.4 Å². The molecule has 0 aliphatic carbocycles. The zero-order valence-corrected chi connectivity index (χ0v) is 17.8. The maximum atomic E-state index is 12.5. The van der Waals surface area contributed by atoms with Gasteiger partial charge in [0.15, 0.2) is 0 Å². The number of carbonyl (C=O) groups is 1. The molecule has 1 aliphatic heterocycles. The van der Waals surface area contributed by atoms with Gasteiger partial charge in [0.05, 0.1) is 16.8 Å². The molecule has 1 amide bonds. The van der Waals surface area contributed by atoms with Crippen LogP contribution >= 0.6 is 0 Å². The Hall–Kier alpha value is -2.45. The van der Waals surface area contributed by atoms with Gasteiger partial charge in [0, 0.05) is 26.1 Å². The molecule has 1 fully saturated rings. The Morgan fingerprint density at radius 2 is 1.86 bits per heavy atom. The minimum absolute atomic E-state index is 0.0212. The average molecular weight is 417 g/mol. The molecule has 2 N–H and O–H groups in total. The van der Waals surface area contributed by atoms with Crippen molar-refractivity contribution in [2.75, 3.05) is 29.9 Å². The maximum absolute atomic E-state index is 12.5. The number of benzene rings is 1. The van der Waals surface area contributed by atoms with E-state index in [-0.39, 0.29) is 23.8 Å². The summed E-state index contributed by atoms with van der Waals surface area (Å²) in [4.78, 5) is 19.0. The van der Waals surface area contributed by atoms with Crippen molar-refractivity contribution in [3.63, 3.8) is 0 Å². The third kappa shape index (κ3) is 5.77. The lowest BCUT2D eigenvalue weighted by Gasteiger charge is -2.28. The van der Waals surface area contributed by atoms with Gasteiger partial charge in [-0.1, -0.05) is 12.1 Å². The van der Waals surface area contributed by atoms with Crippen LogP contribution in [0.25, 0.3) is 0 Å². The second kappa shape index (κ2) is 9.37. The van der Waals surface area contributed by atoms with Gasteiger partial charge in [0.1, 0.15) is 5.82 Å². The molecule has 156 valence electrons. The van der Waals surface area contributed by atoms with Crippen LogP contribution in [0.5, 0.6) is 0 Å². The first kappa shape index (κ1) is 21.3. The molecule has 0 spiro atoms. The van der Waals surface area contributed by atoms with E-state index in [2.05, 4.69) is 19.9 Å². The number of hydrogen-bond donors (Lipinski definition) is 2. The van der Waals surface area contributed by atoms with Gasteiger partial charge >= 0.3 is 0 Å². The van der Waals surface area contributed by atoms with Gasteiger partial charge < -0.3 is 10.2 Å². The van der Waals surface area contributed by atoms with E-state index >= 15 is 0 Å². The average Bonchev–Trinajstić information content (AvgIpc) is 2.71. The van der Waals surface area contributed by atoms with Crippen molar-refractivity contribution in [1.29, 1.82) is 0 Å². The van der Waals surface area contributed by atoms with Crippen LogP contribution in [0, 0.1) is 13.8 Å². The van der Waals surface area contributed by atoms with Crippen molar-refractivity contribution in [1.82, 2.24) is 9.71 Å². The molecular weight excluding hydrogens is 388 g/mol. The van der Waals surface area contributed by atoms with Crippen molar-refractivity contribution in [3.8, 4) is 0 Å². The van der Waals surface area contributed by atoms with Crippen LogP contribution in [0.3, 0.4) is 0 Å². The molecule has 2 heterocycles. The van der Waals surface area contributed by atoms with Crippen LogP contribution in [0.15, 0.2) is 41.4 Å². The molecule has 1 saturated heterocycles. The number of hydrogen-bond acceptors (Lipinski definition) is 5. The van der Waals surface area contributed by atoms with E-state index in [1.54, 1.807) is 31.3 Å². The summed E-state index contributed by atoms with van der Waals surface area (Å²) in [6.07, 6.45) is 5.45. The van der Waals surface area contributed by atoms with Crippen LogP contribution in [0.2, 0.25) is 0 Å². The summed E-state index contributed by atoms with van der Waals surface area (Å²) in [7, 11) is -3.65. The lowest BCUT2D eigenvalue weighted by atomic mass is 10.1. The summed E-state index contributed by atoms with van der Waals surface area (Å²) in [6, 6.07) is 9.01. The highest BCUT2D eigenvalue weighted by Crippen LogP contribution is 2.20. The molecule has 7 nitrogen and oxygen atoms in total. The quantitative estimate of drug-likeness (QED) is 0.724. The van der Waals surface area contributed by atoms with Crippen molar-refractivity contribution < 1.29 is 13.2 Å². The standard InChI is InChI=1S/C21H28N4O3S/c1-16-6-7-17(2)19(14-16)29(27,28)23-11-10-21(26)24-20-9-8-18(15-22-20)25-12-4-3-5-13-25/h6-9,14-15,23H,3-5,10-13H2,1-2H3,(H,22,24,26). The smallest absolute Gasteiger partial charge is 0.240 e. The van der Waals surface area contributed by atoms with E-state index in [0.717, 1.165) is 24.3 Å². The first-order valence-electron chi connectivity index (χ1n) is 9.93. The Balaban J connectivity index is 1.50. The topological polar surface area (TPSA) is 91.4 Å². The Bertz CT molecular complexity index is 952. The Kier molecular flexibility index (Phi) is 6.87. The number of amides is 1. The van der Waals surface area contributed by atoms with Crippen LogP contribution in [-0.4, -0.2) is 38.9 Å². The fourth-order valence-electron chi connectivity index (χ4n) is 3.38. The number of pyridine rings is 1. The number of nitrogens with one attached hydrogen (secondary N) is 2. The third-order valence-electron chi connectivity index (χ3n) is 5.01. The molecule has 1 aromatic carbocycles. The molecule has 0 atom stereocenters. The van der Waals surface area contributed by atoms with Crippen molar-refractivity contribution in [2.24, 2.45) is 0 Å². The third-order valence-corrected chi connectivity index (χ3v) is 6.62.